The Morgan fingerprint density at radius 1 is 1.53 bits per heavy atom. The molecule has 15 heavy (non-hydrogen) atoms. The Morgan fingerprint density at radius 2 is 2.40 bits per heavy atom. The normalized spacial score (nSPS) is 10.8. The highest BCUT2D eigenvalue weighted by Gasteiger charge is 2.08. The number of hydrogen-bond acceptors (Lipinski definition) is 4. The van der Waals surface area contributed by atoms with Crippen LogP contribution < -0.4 is 5.32 Å². The van der Waals surface area contributed by atoms with Gasteiger partial charge in [-0.25, -0.2) is 4.98 Å². The van der Waals surface area contributed by atoms with Gasteiger partial charge < -0.3 is 9.73 Å². The Labute approximate surface area is 93.2 Å². The highest BCUT2D eigenvalue weighted by molar-refractivity contribution is 7.13. The average molecular weight is 222 g/mol. The third-order valence-corrected chi connectivity index (χ3v) is 3.12. The molecular weight excluding hydrogens is 208 g/mol. The van der Waals surface area contributed by atoms with Crippen LogP contribution in [0.15, 0.2) is 22.1 Å². The zero-order valence-corrected chi connectivity index (χ0v) is 9.73. The molecule has 0 fully saturated rings. The van der Waals surface area contributed by atoms with Gasteiger partial charge in [-0.3, -0.25) is 0 Å². The Bertz CT molecular complexity index is 433. The van der Waals surface area contributed by atoms with E-state index in [1.165, 1.54) is 0 Å². The van der Waals surface area contributed by atoms with E-state index < -0.39 is 0 Å². The third-order valence-electron chi connectivity index (χ3n) is 2.20. The van der Waals surface area contributed by atoms with Crippen LogP contribution >= 0.6 is 11.3 Å². The maximum Gasteiger partial charge on any atom is 0.127 e. The van der Waals surface area contributed by atoms with Crippen molar-refractivity contribution >= 4 is 11.3 Å². The molecule has 0 aliphatic carbocycles. The van der Waals surface area contributed by atoms with Crippen molar-refractivity contribution in [3.63, 3.8) is 0 Å². The second-order valence-corrected chi connectivity index (χ2v) is 4.17. The molecule has 0 spiro atoms. The van der Waals surface area contributed by atoms with Gasteiger partial charge in [0, 0.05) is 11.9 Å². The van der Waals surface area contributed by atoms with Crippen LogP contribution in [0.4, 0.5) is 0 Å². The molecule has 2 aromatic heterocycles. The lowest BCUT2D eigenvalue weighted by molar-refractivity contribution is 0.535. The monoisotopic (exact) mass is 222 g/mol. The topological polar surface area (TPSA) is 38.1 Å². The predicted octanol–water partition coefficient (Wildman–Crippen LogP) is 2.82. The number of thiazole rings is 1. The molecule has 1 N–H and O–H groups in total. The first-order valence-corrected chi connectivity index (χ1v) is 5.88. The molecular formula is C11H14N2OS. The predicted molar refractivity (Wildman–Crippen MR) is 61.9 cm³/mol. The number of hydrogen-bond donors (Lipinski definition) is 1. The lowest BCUT2D eigenvalue weighted by Crippen LogP contribution is -2.11. The second-order valence-electron chi connectivity index (χ2n) is 3.31. The Morgan fingerprint density at radius 3 is 3.07 bits per heavy atom. The van der Waals surface area contributed by atoms with E-state index in [2.05, 4.69) is 22.6 Å². The summed E-state index contributed by atoms with van der Waals surface area (Å²) >= 11 is 1.66. The summed E-state index contributed by atoms with van der Waals surface area (Å²) < 4.78 is 5.26. The Kier molecular flexibility index (Phi) is 3.18. The number of aromatic nitrogens is 1. The number of nitrogens with one attached hydrogen (secondary N) is 1. The molecule has 0 aliphatic heterocycles. The van der Waals surface area contributed by atoms with Gasteiger partial charge in [0.05, 0.1) is 17.5 Å². The van der Waals surface area contributed by atoms with E-state index in [-0.39, 0.29) is 0 Å². The number of furan rings is 1. The lowest BCUT2D eigenvalue weighted by Gasteiger charge is -1.95. The van der Waals surface area contributed by atoms with Crippen LogP contribution in [-0.2, 0) is 6.54 Å². The molecule has 2 rings (SSSR count). The highest BCUT2D eigenvalue weighted by atomic mass is 32.1. The fourth-order valence-corrected chi connectivity index (χ4v) is 2.26. The van der Waals surface area contributed by atoms with Crippen LogP contribution in [-0.4, -0.2) is 11.5 Å². The lowest BCUT2D eigenvalue weighted by atomic mass is 10.3. The van der Waals surface area contributed by atoms with Crippen molar-refractivity contribution in [3.8, 4) is 10.6 Å². The molecule has 80 valence electrons. The number of aryl methyl sites for hydroxylation is 1. The minimum atomic E-state index is 0.837. The van der Waals surface area contributed by atoms with E-state index in [0.29, 0.717) is 0 Å². The van der Waals surface area contributed by atoms with Crippen molar-refractivity contribution in [2.75, 3.05) is 6.54 Å². The Balaban J connectivity index is 2.17. The van der Waals surface area contributed by atoms with Gasteiger partial charge in [0.1, 0.15) is 10.8 Å². The van der Waals surface area contributed by atoms with Crippen LogP contribution in [0.3, 0.4) is 0 Å². The first kappa shape index (κ1) is 10.4. The largest absolute Gasteiger partial charge is 0.469 e. The summed E-state index contributed by atoms with van der Waals surface area (Å²) in [5.41, 5.74) is 2.19. The van der Waals surface area contributed by atoms with Crippen molar-refractivity contribution in [3.05, 3.63) is 29.2 Å². The van der Waals surface area contributed by atoms with E-state index in [0.717, 1.165) is 35.1 Å². The van der Waals surface area contributed by atoms with Gasteiger partial charge >= 0.3 is 0 Å². The third kappa shape index (κ3) is 2.27. The number of nitrogens with zero attached hydrogens (tertiary/aromatic N) is 1. The van der Waals surface area contributed by atoms with E-state index in [9.17, 15) is 0 Å². The standard InChI is InChI=1S/C11H14N2OS/c1-3-12-6-9-7-15-11(13-9)10-4-5-14-8(10)2/h4-5,7,12H,3,6H2,1-2H3. The van der Waals surface area contributed by atoms with Crippen LogP contribution in [0, 0.1) is 6.92 Å². The van der Waals surface area contributed by atoms with Crippen molar-refractivity contribution in [1.82, 2.24) is 10.3 Å². The van der Waals surface area contributed by atoms with Crippen molar-refractivity contribution in [2.45, 2.75) is 20.4 Å². The van der Waals surface area contributed by atoms with Crippen molar-refractivity contribution in [2.24, 2.45) is 0 Å². The zero-order valence-electron chi connectivity index (χ0n) is 8.91. The summed E-state index contributed by atoms with van der Waals surface area (Å²) in [6, 6.07) is 1.96. The van der Waals surface area contributed by atoms with Crippen LogP contribution in [0.2, 0.25) is 0 Å². The van der Waals surface area contributed by atoms with Crippen molar-refractivity contribution < 1.29 is 4.42 Å². The second kappa shape index (κ2) is 4.59. The molecule has 0 aliphatic rings. The van der Waals surface area contributed by atoms with Crippen LogP contribution in [0.25, 0.3) is 10.6 Å². The molecule has 4 heteroatoms. The molecule has 2 aromatic rings. The van der Waals surface area contributed by atoms with Gasteiger partial charge in [-0.05, 0) is 19.5 Å². The average Bonchev–Trinajstić information content (AvgIpc) is 2.83. The quantitative estimate of drug-likeness (QED) is 0.864. The summed E-state index contributed by atoms with van der Waals surface area (Å²) in [6.07, 6.45) is 1.70. The fraction of sp³-hybridized carbons (Fsp3) is 0.364. The van der Waals surface area contributed by atoms with E-state index in [4.69, 9.17) is 4.42 Å². The van der Waals surface area contributed by atoms with E-state index in [1.54, 1.807) is 17.6 Å². The molecule has 0 bridgehead atoms. The number of rotatable bonds is 4. The van der Waals surface area contributed by atoms with Crippen LogP contribution in [0.5, 0.6) is 0 Å². The molecule has 0 saturated carbocycles. The summed E-state index contributed by atoms with van der Waals surface area (Å²) in [5.74, 6) is 0.930. The molecule has 2 heterocycles. The maximum atomic E-state index is 5.26. The minimum absolute atomic E-state index is 0.837. The minimum Gasteiger partial charge on any atom is -0.469 e. The van der Waals surface area contributed by atoms with Crippen LogP contribution in [0.1, 0.15) is 18.4 Å². The van der Waals surface area contributed by atoms with E-state index >= 15 is 0 Å². The molecule has 0 radical (unpaired) electrons. The highest BCUT2D eigenvalue weighted by Crippen LogP contribution is 2.27. The van der Waals surface area contributed by atoms with Gasteiger partial charge in [-0.15, -0.1) is 11.3 Å². The summed E-state index contributed by atoms with van der Waals surface area (Å²) in [7, 11) is 0. The van der Waals surface area contributed by atoms with Gasteiger partial charge in [0.2, 0.25) is 0 Å². The maximum absolute atomic E-state index is 5.26. The van der Waals surface area contributed by atoms with Gasteiger partial charge in [-0.1, -0.05) is 6.92 Å². The summed E-state index contributed by atoms with van der Waals surface area (Å²) in [4.78, 5) is 4.55. The first-order valence-electron chi connectivity index (χ1n) is 5.01. The molecule has 0 amide bonds. The summed E-state index contributed by atoms with van der Waals surface area (Å²) in [6.45, 7) is 5.86. The van der Waals surface area contributed by atoms with Gasteiger partial charge in [0.15, 0.2) is 0 Å². The molecule has 0 unspecified atom stereocenters. The smallest absolute Gasteiger partial charge is 0.127 e. The molecule has 0 saturated heterocycles. The zero-order chi connectivity index (χ0) is 10.7. The first-order chi connectivity index (χ1) is 7.31. The molecule has 3 nitrogen and oxygen atoms in total. The molecule has 0 aromatic carbocycles. The van der Waals surface area contributed by atoms with Crippen molar-refractivity contribution in [1.29, 1.82) is 0 Å². The summed E-state index contributed by atoms with van der Waals surface area (Å²) in [5, 5.41) is 6.38. The molecule has 0 atom stereocenters. The van der Waals surface area contributed by atoms with Gasteiger partial charge in [-0.2, -0.15) is 0 Å². The van der Waals surface area contributed by atoms with Gasteiger partial charge in [0.25, 0.3) is 0 Å². The van der Waals surface area contributed by atoms with E-state index in [1.807, 2.05) is 13.0 Å². The fourth-order valence-electron chi connectivity index (χ4n) is 1.37. The Hall–Kier alpha value is -1.13. The SMILES string of the molecule is CCNCc1csc(-c2ccoc2C)n1.